The van der Waals surface area contributed by atoms with Gasteiger partial charge in [-0.15, -0.1) is 0 Å². The predicted molar refractivity (Wildman–Crippen MR) is 125 cm³/mol. The molecule has 1 saturated carbocycles. The minimum absolute atomic E-state index is 0.363. The van der Waals surface area contributed by atoms with Crippen LogP contribution < -0.4 is 27.0 Å². The van der Waals surface area contributed by atoms with Crippen LogP contribution in [0.5, 0.6) is 0 Å². The molecule has 9 heteroatoms. The second-order valence-electron chi connectivity index (χ2n) is 8.16. The molecule has 2 fully saturated rings. The zero-order valence-corrected chi connectivity index (χ0v) is 17.6. The lowest BCUT2D eigenvalue weighted by Crippen LogP contribution is -2.43. The number of piperazine rings is 1. The highest BCUT2D eigenvalue weighted by Crippen LogP contribution is 2.38. The summed E-state index contributed by atoms with van der Waals surface area (Å²) in [6.07, 6.45) is 11.7. The van der Waals surface area contributed by atoms with E-state index in [0.29, 0.717) is 23.6 Å². The summed E-state index contributed by atoms with van der Waals surface area (Å²) in [5.74, 6) is 1.93. The van der Waals surface area contributed by atoms with Crippen molar-refractivity contribution in [2.75, 3.05) is 42.1 Å². The molecule has 1 saturated heterocycles. The van der Waals surface area contributed by atoms with E-state index in [9.17, 15) is 0 Å². The minimum atomic E-state index is 0.363. The summed E-state index contributed by atoms with van der Waals surface area (Å²) in [5, 5.41) is 7.53. The Labute approximate surface area is 181 Å². The Morgan fingerprint density at radius 1 is 1.10 bits per heavy atom. The average molecular weight is 420 g/mol. The number of hydrogen-bond acceptors (Lipinski definition) is 8. The van der Waals surface area contributed by atoms with Crippen molar-refractivity contribution in [3.8, 4) is 0 Å². The Morgan fingerprint density at radius 3 is 2.61 bits per heavy atom. The van der Waals surface area contributed by atoms with Crippen molar-refractivity contribution in [1.29, 1.82) is 0 Å². The number of fused-ring (bicyclic) bond motifs is 1. The van der Waals surface area contributed by atoms with Gasteiger partial charge in [0.05, 0.1) is 11.9 Å². The van der Waals surface area contributed by atoms with E-state index in [0.717, 1.165) is 61.3 Å². The molecule has 0 bridgehead atoms. The third-order valence-electron chi connectivity index (χ3n) is 6.25. The molecule has 5 rings (SSSR count). The summed E-state index contributed by atoms with van der Waals surface area (Å²) in [5.41, 5.74) is 15.0. The Bertz CT molecular complexity index is 1070. The van der Waals surface area contributed by atoms with Gasteiger partial charge >= 0.3 is 0 Å². The first-order valence-corrected chi connectivity index (χ1v) is 11.0. The third kappa shape index (κ3) is 3.76. The molecule has 162 valence electrons. The number of nitrogens with zero attached hydrogens (tertiary/aromatic N) is 5. The second-order valence-corrected chi connectivity index (χ2v) is 8.16. The van der Waals surface area contributed by atoms with Crippen molar-refractivity contribution in [3.63, 3.8) is 0 Å². The van der Waals surface area contributed by atoms with Gasteiger partial charge in [0, 0.05) is 49.4 Å². The Balaban J connectivity index is 1.44. The third-order valence-corrected chi connectivity index (χ3v) is 6.25. The zero-order chi connectivity index (χ0) is 21.2. The number of hydrogen-bond donors (Lipinski definition) is 4. The second kappa shape index (κ2) is 8.43. The standard InChI is InChI=1S/C22H29N9/c23-8-7-17-18-14-27-22(29-21(18)31(20(17)24)15-3-1-2-4-15)28-19-6-5-16(13-26-19)30-11-9-25-10-12-30/h5-8,13-15,25H,1-4,9-12,23-24H2,(H,26,27,28,29)/b8-7-. The van der Waals surface area contributed by atoms with E-state index < -0.39 is 0 Å². The maximum atomic E-state index is 6.52. The smallest absolute Gasteiger partial charge is 0.230 e. The van der Waals surface area contributed by atoms with Crippen molar-refractivity contribution >= 4 is 40.4 Å². The summed E-state index contributed by atoms with van der Waals surface area (Å²) >= 11 is 0. The van der Waals surface area contributed by atoms with Gasteiger partial charge in [0.1, 0.15) is 17.3 Å². The normalized spacial score (nSPS) is 17.7. The van der Waals surface area contributed by atoms with Crippen LogP contribution in [0.4, 0.5) is 23.3 Å². The number of nitrogens with one attached hydrogen (secondary N) is 2. The summed E-state index contributed by atoms with van der Waals surface area (Å²) in [6.45, 7) is 3.98. The fraction of sp³-hybridized carbons (Fsp3) is 0.409. The molecule has 2 aliphatic rings. The van der Waals surface area contributed by atoms with Crippen LogP contribution in [0.3, 0.4) is 0 Å². The van der Waals surface area contributed by atoms with Crippen LogP contribution in [0.15, 0.2) is 30.7 Å². The van der Waals surface area contributed by atoms with E-state index in [-0.39, 0.29) is 0 Å². The molecule has 1 aliphatic carbocycles. The Hall–Kier alpha value is -3.33. The molecule has 1 aliphatic heterocycles. The summed E-state index contributed by atoms with van der Waals surface area (Å²) in [7, 11) is 0. The number of pyridine rings is 1. The van der Waals surface area contributed by atoms with Crippen molar-refractivity contribution in [3.05, 3.63) is 36.3 Å². The zero-order valence-electron chi connectivity index (χ0n) is 17.6. The van der Waals surface area contributed by atoms with Crippen molar-refractivity contribution in [1.82, 2.24) is 24.8 Å². The average Bonchev–Trinajstić information content (AvgIpc) is 3.42. The molecule has 3 aromatic heterocycles. The quantitative estimate of drug-likeness (QED) is 0.498. The van der Waals surface area contributed by atoms with Crippen LogP contribution in [0.2, 0.25) is 0 Å². The van der Waals surface area contributed by atoms with Gasteiger partial charge in [0.2, 0.25) is 5.95 Å². The lowest BCUT2D eigenvalue weighted by Gasteiger charge is -2.29. The first kappa shape index (κ1) is 19.6. The number of anilines is 4. The molecule has 0 atom stereocenters. The minimum Gasteiger partial charge on any atom is -0.405 e. The number of aromatic nitrogens is 4. The predicted octanol–water partition coefficient (Wildman–Crippen LogP) is 2.61. The fourth-order valence-electron chi connectivity index (χ4n) is 4.68. The van der Waals surface area contributed by atoms with Crippen LogP contribution in [-0.2, 0) is 0 Å². The van der Waals surface area contributed by atoms with E-state index in [1.165, 1.54) is 19.0 Å². The van der Waals surface area contributed by atoms with Crippen LogP contribution in [0.25, 0.3) is 17.1 Å². The largest absolute Gasteiger partial charge is 0.405 e. The molecule has 31 heavy (non-hydrogen) atoms. The highest BCUT2D eigenvalue weighted by atomic mass is 15.2. The number of rotatable bonds is 5. The van der Waals surface area contributed by atoms with E-state index in [1.54, 1.807) is 0 Å². The van der Waals surface area contributed by atoms with Crippen molar-refractivity contribution < 1.29 is 0 Å². The summed E-state index contributed by atoms with van der Waals surface area (Å²) in [6, 6.07) is 4.42. The van der Waals surface area contributed by atoms with Crippen LogP contribution in [0.1, 0.15) is 37.3 Å². The number of nitrogens with two attached hydrogens (primary N) is 2. The van der Waals surface area contributed by atoms with Gasteiger partial charge in [-0.05, 0) is 37.3 Å². The van der Waals surface area contributed by atoms with Crippen LogP contribution in [-0.4, -0.2) is 45.7 Å². The van der Waals surface area contributed by atoms with Crippen molar-refractivity contribution in [2.45, 2.75) is 31.7 Å². The Kier molecular flexibility index (Phi) is 5.33. The van der Waals surface area contributed by atoms with E-state index >= 15 is 0 Å². The number of nitrogen functional groups attached to an aromatic ring is 1. The van der Waals surface area contributed by atoms with Crippen LogP contribution in [0, 0.1) is 0 Å². The van der Waals surface area contributed by atoms with Crippen molar-refractivity contribution in [2.24, 2.45) is 5.73 Å². The van der Waals surface area contributed by atoms with Gasteiger partial charge in [-0.25, -0.2) is 9.97 Å². The lowest BCUT2D eigenvalue weighted by atomic mass is 10.2. The van der Waals surface area contributed by atoms with Gasteiger partial charge in [-0.3, -0.25) is 0 Å². The molecule has 9 nitrogen and oxygen atoms in total. The lowest BCUT2D eigenvalue weighted by molar-refractivity contribution is 0.538. The molecule has 0 amide bonds. The highest BCUT2D eigenvalue weighted by molar-refractivity contribution is 5.93. The maximum absolute atomic E-state index is 6.52. The summed E-state index contributed by atoms with van der Waals surface area (Å²) < 4.78 is 2.16. The monoisotopic (exact) mass is 419 g/mol. The molecule has 3 aromatic rings. The van der Waals surface area contributed by atoms with Gasteiger partial charge in [0.25, 0.3) is 0 Å². The first-order chi connectivity index (χ1) is 15.2. The molecule has 6 N–H and O–H groups in total. The molecular weight excluding hydrogens is 390 g/mol. The maximum Gasteiger partial charge on any atom is 0.230 e. The van der Waals surface area contributed by atoms with Crippen LogP contribution >= 0.6 is 0 Å². The Morgan fingerprint density at radius 2 is 1.90 bits per heavy atom. The van der Waals surface area contributed by atoms with E-state index in [1.807, 2.05) is 24.5 Å². The molecule has 0 aromatic carbocycles. The molecular formula is C22H29N9. The molecule has 4 heterocycles. The van der Waals surface area contributed by atoms with E-state index in [4.69, 9.17) is 16.5 Å². The SMILES string of the molecule is N/C=C\c1c(N)n(C2CCCC2)c2nc(Nc3ccc(N4CCNCC4)cn3)ncc12. The van der Waals surface area contributed by atoms with Gasteiger partial charge in [-0.1, -0.05) is 12.8 Å². The van der Waals surface area contributed by atoms with Gasteiger partial charge in [-0.2, -0.15) is 4.98 Å². The van der Waals surface area contributed by atoms with E-state index in [2.05, 4.69) is 36.1 Å². The molecule has 0 radical (unpaired) electrons. The first-order valence-electron chi connectivity index (χ1n) is 11.0. The molecule has 0 spiro atoms. The fourth-order valence-corrected chi connectivity index (χ4v) is 4.68. The molecule has 0 unspecified atom stereocenters. The highest BCUT2D eigenvalue weighted by Gasteiger charge is 2.24. The topological polar surface area (TPSA) is 123 Å². The van der Waals surface area contributed by atoms with Gasteiger partial charge in [0.15, 0.2) is 0 Å². The summed E-state index contributed by atoms with van der Waals surface area (Å²) in [4.78, 5) is 16.2. The van der Waals surface area contributed by atoms with Gasteiger partial charge < -0.3 is 31.6 Å².